The second-order valence-electron chi connectivity index (χ2n) is 8.69. The van der Waals surface area contributed by atoms with Gasteiger partial charge in [-0.3, -0.25) is 14.0 Å². The summed E-state index contributed by atoms with van der Waals surface area (Å²) in [6.07, 6.45) is 4.40. The zero-order valence-electron chi connectivity index (χ0n) is 16.7. The van der Waals surface area contributed by atoms with E-state index >= 15 is 0 Å². The molecule has 5 nitrogen and oxygen atoms in total. The smallest absolute Gasteiger partial charge is 0.282 e. The van der Waals surface area contributed by atoms with E-state index in [0.717, 1.165) is 30.5 Å². The minimum atomic E-state index is -0.296. The average molecular weight is 396 g/mol. The maximum Gasteiger partial charge on any atom is 0.282 e. The SMILES string of the molecule is Cc1ccc(C(=O)Nc2cnc3sc4c(n3c2=O)CC[C@H](C(C)(C)C)C4)cc1. The van der Waals surface area contributed by atoms with Crippen LogP contribution in [0.25, 0.3) is 4.96 Å². The molecule has 0 unspecified atom stereocenters. The minimum absolute atomic E-state index is 0.197. The van der Waals surface area contributed by atoms with Crippen LogP contribution in [-0.4, -0.2) is 15.3 Å². The van der Waals surface area contributed by atoms with Gasteiger partial charge in [0.05, 0.1) is 6.20 Å². The molecule has 0 radical (unpaired) electrons. The maximum atomic E-state index is 13.1. The normalized spacial score (nSPS) is 16.8. The van der Waals surface area contributed by atoms with E-state index in [1.54, 1.807) is 27.9 Å². The van der Waals surface area contributed by atoms with Crippen molar-refractivity contribution in [3.63, 3.8) is 0 Å². The molecule has 4 rings (SSSR count). The fraction of sp³-hybridized carbons (Fsp3) is 0.409. The van der Waals surface area contributed by atoms with Crippen molar-refractivity contribution in [2.45, 2.75) is 47.0 Å². The average Bonchev–Trinajstić information content (AvgIpc) is 3.02. The van der Waals surface area contributed by atoms with Crippen LogP contribution in [0.3, 0.4) is 0 Å². The highest BCUT2D eigenvalue weighted by molar-refractivity contribution is 7.17. The third kappa shape index (κ3) is 3.37. The lowest BCUT2D eigenvalue weighted by Gasteiger charge is -2.33. The Bertz CT molecular complexity index is 1100. The van der Waals surface area contributed by atoms with Gasteiger partial charge in [-0.25, -0.2) is 4.98 Å². The monoisotopic (exact) mass is 395 g/mol. The summed E-state index contributed by atoms with van der Waals surface area (Å²) < 4.78 is 1.70. The minimum Gasteiger partial charge on any atom is -0.316 e. The van der Waals surface area contributed by atoms with E-state index < -0.39 is 0 Å². The van der Waals surface area contributed by atoms with Crippen molar-refractivity contribution in [3.8, 4) is 0 Å². The molecule has 28 heavy (non-hydrogen) atoms. The lowest BCUT2D eigenvalue weighted by molar-refractivity contribution is 0.102. The number of carbonyl (C=O) groups is 1. The number of nitrogens with one attached hydrogen (secondary N) is 1. The molecule has 1 N–H and O–H groups in total. The lowest BCUT2D eigenvalue weighted by atomic mass is 9.73. The Morgan fingerprint density at radius 3 is 2.64 bits per heavy atom. The highest BCUT2D eigenvalue weighted by Gasteiger charge is 2.31. The number of nitrogens with zero attached hydrogens (tertiary/aromatic N) is 2. The standard InChI is InChI=1S/C22H25N3O2S/c1-13-5-7-14(8-6-13)19(26)24-16-12-23-21-25(20(16)27)17-10-9-15(22(2,3)4)11-18(17)28-21/h5-8,12,15H,9-11H2,1-4H3,(H,24,26)/t15-/m0/s1. The van der Waals surface area contributed by atoms with E-state index in [4.69, 9.17) is 0 Å². The van der Waals surface area contributed by atoms with Crippen LogP contribution < -0.4 is 10.9 Å². The molecule has 0 saturated heterocycles. The summed E-state index contributed by atoms with van der Waals surface area (Å²) in [5, 5.41) is 2.74. The first-order valence-corrected chi connectivity index (χ1v) is 10.5. The molecule has 1 atom stereocenters. The zero-order valence-corrected chi connectivity index (χ0v) is 17.5. The molecule has 1 aromatic carbocycles. The van der Waals surface area contributed by atoms with Crippen LogP contribution in [0.15, 0.2) is 35.3 Å². The Labute approximate surface area is 168 Å². The van der Waals surface area contributed by atoms with E-state index in [1.165, 1.54) is 11.1 Å². The molecule has 3 aromatic rings. The summed E-state index contributed by atoms with van der Waals surface area (Å²) in [5.41, 5.74) is 2.94. The number of anilines is 1. The third-order valence-electron chi connectivity index (χ3n) is 5.68. The van der Waals surface area contributed by atoms with Gasteiger partial charge in [0.25, 0.3) is 11.5 Å². The first-order valence-electron chi connectivity index (χ1n) is 9.64. The first kappa shape index (κ1) is 18.9. The second-order valence-corrected chi connectivity index (χ2v) is 9.75. The van der Waals surface area contributed by atoms with Crippen LogP contribution in [0.4, 0.5) is 5.69 Å². The predicted octanol–water partition coefficient (Wildman–Crippen LogP) is 4.47. The summed E-state index contributed by atoms with van der Waals surface area (Å²) in [5.74, 6) is 0.306. The van der Waals surface area contributed by atoms with Crippen LogP contribution in [0.2, 0.25) is 0 Å². The topological polar surface area (TPSA) is 63.5 Å². The fourth-order valence-electron chi connectivity index (χ4n) is 3.82. The number of thiazole rings is 1. The summed E-state index contributed by atoms with van der Waals surface area (Å²) in [4.78, 5) is 32.0. The van der Waals surface area contributed by atoms with Gasteiger partial charge in [-0.1, -0.05) is 38.5 Å². The van der Waals surface area contributed by atoms with Gasteiger partial charge >= 0.3 is 0 Å². The van der Waals surface area contributed by atoms with Crippen LogP contribution in [0, 0.1) is 18.3 Å². The molecule has 6 heteroatoms. The van der Waals surface area contributed by atoms with Gasteiger partial charge in [-0.2, -0.15) is 0 Å². The molecule has 0 fully saturated rings. The van der Waals surface area contributed by atoms with Crippen LogP contribution in [0.1, 0.15) is 53.7 Å². The molecule has 0 bridgehead atoms. The number of carbonyl (C=O) groups excluding carboxylic acids is 1. The molecule has 0 spiro atoms. The van der Waals surface area contributed by atoms with Crippen molar-refractivity contribution in [2.75, 3.05) is 5.32 Å². The quantitative estimate of drug-likeness (QED) is 0.696. The molecule has 1 aliphatic carbocycles. The van der Waals surface area contributed by atoms with E-state index in [0.29, 0.717) is 16.4 Å². The summed E-state index contributed by atoms with van der Waals surface area (Å²) in [7, 11) is 0. The molecule has 2 aromatic heterocycles. The van der Waals surface area contributed by atoms with Crippen LogP contribution >= 0.6 is 11.3 Å². The first-order chi connectivity index (χ1) is 13.2. The number of aromatic nitrogens is 2. The van der Waals surface area contributed by atoms with Gasteiger partial charge in [0.1, 0.15) is 5.69 Å². The molecular weight excluding hydrogens is 370 g/mol. The summed E-state index contributed by atoms with van der Waals surface area (Å²) in [6.45, 7) is 8.80. The van der Waals surface area contributed by atoms with Crippen molar-refractivity contribution >= 4 is 27.9 Å². The predicted molar refractivity (Wildman–Crippen MR) is 113 cm³/mol. The van der Waals surface area contributed by atoms with Crippen molar-refractivity contribution in [2.24, 2.45) is 11.3 Å². The molecule has 0 aliphatic heterocycles. The van der Waals surface area contributed by atoms with Gasteiger partial charge < -0.3 is 5.32 Å². The number of hydrogen-bond acceptors (Lipinski definition) is 4. The maximum absolute atomic E-state index is 13.1. The van der Waals surface area contributed by atoms with E-state index in [2.05, 4.69) is 31.1 Å². The number of fused-ring (bicyclic) bond motifs is 3. The Balaban J connectivity index is 1.67. The Kier molecular flexibility index (Phi) is 4.62. The van der Waals surface area contributed by atoms with E-state index in [9.17, 15) is 9.59 Å². The van der Waals surface area contributed by atoms with Crippen molar-refractivity contribution in [3.05, 3.63) is 62.5 Å². The summed E-state index contributed by atoms with van der Waals surface area (Å²) >= 11 is 1.60. The summed E-state index contributed by atoms with van der Waals surface area (Å²) in [6, 6.07) is 7.27. The number of benzene rings is 1. The van der Waals surface area contributed by atoms with Crippen molar-refractivity contribution in [1.82, 2.24) is 9.38 Å². The van der Waals surface area contributed by atoms with Gasteiger partial charge in [0.2, 0.25) is 0 Å². The van der Waals surface area contributed by atoms with Gasteiger partial charge in [0.15, 0.2) is 4.96 Å². The Morgan fingerprint density at radius 2 is 1.96 bits per heavy atom. The van der Waals surface area contributed by atoms with Gasteiger partial charge in [-0.15, -0.1) is 11.3 Å². The number of rotatable bonds is 2. The van der Waals surface area contributed by atoms with Crippen LogP contribution in [-0.2, 0) is 12.8 Å². The molecular formula is C22H25N3O2S. The number of hydrogen-bond donors (Lipinski definition) is 1. The molecule has 146 valence electrons. The van der Waals surface area contributed by atoms with E-state index in [-0.39, 0.29) is 22.6 Å². The molecule has 0 saturated carbocycles. The highest BCUT2D eigenvalue weighted by Crippen LogP contribution is 2.39. The van der Waals surface area contributed by atoms with Crippen LogP contribution in [0.5, 0.6) is 0 Å². The van der Waals surface area contributed by atoms with E-state index in [1.807, 2.05) is 19.1 Å². The van der Waals surface area contributed by atoms with Crippen molar-refractivity contribution in [1.29, 1.82) is 0 Å². The molecule has 1 amide bonds. The van der Waals surface area contributed by atoms with Gasteiger partial charge in [-0.05, 0) is 49.7 Å². The fourth-order valence-corrected chi connectivity index (χ4v) is 5.02. The number of aryl methyl sites for hydroxylation is 2. The largest absolute Gasteiger partial charge is 0.316 e. The molecule has 2 heterocycles. The molecule has 1 aliphatic rings. The Morgan fingerprint density at radius 1 is 1.25 bits per heavy atom. The highest BCUT2D eigenvalue weighted by atomic mass is 32.1. The zero-order chi connectivity index (χ0) is 20.1. The van der Waals surface area contributed by atoms with Gasteiger partial charge in [0, 0.05) is 16.1 Å². The Hall–Kier alpha value is -2.47. The number of amides is 1. The second kappa shape index (κ2) is 6.85. The van der Waals surface area contributed by atoms with Crippen molar-refractivity contribution < 1.29 is 4.79 Å². The third-order valence-corrected chi connectivity index (χ3v) is 6.80. The lowest BCUT2D eigenvalue weighted by Crippen LogP contribution is -2.28.